The molecule has 0 saturated carbocycles. The number of unbranched alkanes of at least 4 members (excludes halogenated alkanes) is 4. The monoisotopic (exact) mass is 237 g/mol. The van der Waals surface area contributed by atoms with Gasteiger partial charge in [0, 0.05) is 13.1 Å². The van der Waals surface area contributed by atoms with Crippen molar-refractivity contribution in [3.63, 3.8) is 0 Å². The molecule has 1 unspecified atom stereocenters. The van der Waals surface area contributed by atoms with Gasteiger partial charge in [-0.05, 0) is 18.9 Å². The van der Waals surface area contributed by atoms with Crippen LogP contribution in [-0.4, -0.2) is 9.78 Å². The van der Waals surface area contributed by atoms with E-state index in [4.69, 9.17) is 5.73 Å². The highest BCUT2D eigenvalue weighted by molar-refractivity contribution is 5.13. The largest absolute Gasteiger partial charge is 0.323 e. The number of aromatic nitrogens is 2. The summed E-state index contributed by atoms with van der Waals surface area (Å²) in [6.45, 7) is 4.37. The second-order valence-corrected chi connectivity index (χ2v) is 4.85. The fourth-order valence-electron chi connectivity index (χ4n) is 2.18. The molecule has 2 N–H and O–H groups in total. The number of hydrogen-bond donors (Lipinski definition) is 1. The molecule has 3 heteroatoms. The molecule has 0 fully saturated rings. The summed E-state index contributed by atoms with van der Waals surface area (Å²) in [5, 5.41) is 4.44. The lowest BCUT2D eigenvalue weighted by Gasteiger charge is -2.11. The molecule has 1 atom stereocenters. The van der Waals surface area contributed by atoms with Crippen LogP contribution in [0.1, 0.15) is 69.8 Å². The molecule has 0 amide bonds. The Kier molecular flexibility index (Phi) is 6.27. The van der Waals surface area contributed by atoms with E-state index in [1.165, 1.54) is 37.8 Å². The summed E-state index contributed by atoms with van der Waals surface area (Å²) in [4.78, 5) is 0. The van der Waals surface area contributed by atoms with E-state index < -0.39 is 0 Å². The lowest BCUT2D eigenvalue weighted by Crippen LogP contribution is -2.14. The molecule has 0 aromatic carbocycles. The molecule has 1 heterocycles. The molecule has 3 nitrogen and oxygen atoms in total. The first-order valence-electron chi connectivity index (χ1n) is 6.97. The summed E-state index contributed by atoms with van der Waals surface area (Å²) in [6.07, 6.45) is 8.58. The molecule has 0 aliphatic heterocycles. The Bertz CT molecular complexity index is 317. The Balaban J connectivity index is 2.35. The molecule has 17 heavy (non-hydrogen) atoms. The molecule has 0 bridgehead atoms. The lowest BCUT2D eigenvalue weighted by molar-refractivity contribution is 0.527. The molecule has 98 valence electrons. The minimum Gasteiger partial charge on any atom is -0.323 e. The van der Waals surface area contributed by atoms with Crippen molar-refractivity contribution in [3.8, 4) is 0 Å². The van der Waals surface area contributed by atoms with E-state index in [1.807, 2.05) is 11.7 Å². The Labute approximate surface area is 105 Å². The van der Waals surface area contributed by atoms with Gasteiger partial charge in [-0.3, -0.25) is 4.68 Å². The predicted molar refractivity (Wildman–Crippen MR) is 72.9 cm³/mol. The van der Waals surface area contributed by atoms with Crippen LogP contribution in [0.2, 0.25) is 0 Å². The van der Waals surface area contributed by atoms with E-state index in [2.05, 4.69) is 25.0 Å². The number of hydrogen-bond acceptors (Lipinski definition) is 2. The van der Waals surface area contributed by atoms with Gasteiger partial charge in [-0.2, -0.15) is 5.10 Å². The van der Waals surface area contributed by atoms with Crippen molar-refractivity contribution < 1.29 is 0 Å². The quantitative estimate of drug-likeness (QED) is 0.705. The highest BCUT2D eigenvalue weighted by Gasteiger charge is 2.11. The summed E-state index contributed by atoms with van der Waals surface area (Å²) in [5.41, 5.74) is 8.54. The van der Waals surface area contributed by atoms with Gasteiger partial charge in [0.1, 0.15) is 0 Å². The minimum absolute atomic E-state index is 0.148. The van der Waals surface area contributed by atoms with Gasteiger partial charge in [0.25, 0.3) is 0 Å². The van der Waals surface area contributed by atoms with Gasteiger partial charge in [-0.25, -0.2) is 0 Å². The Morgan fingerprint density at radius 3 is 2.53 bits per heavy atom. The lowest BCUT2D eigenvalue weighted by atomic mass is 10.0. The highest BCUT2D eigenvalue weighted by Crippen LogP contribution is 2.18. The fourth-order valence-corrected chi connectivity index (χ4v) is 2.18. The second kappa shape index (κ2) is 7.49. The number of aryl methyl sites for hydroxylation is 2. The van der Waals surface area contributed by atoms with Gasteiger partial charge in [-0.1, -0.05) is 46.0 Å². The van der Waals surface area contributed by atoms with Crippen molar-refractivity contribution in [2.24, 2.45) is 12.8 Å². The van der Waals surface area contributed by atoms with Crippen molar-refractivity contribution in [1.29, 1.82) is 0 Å². The van der Waals surface area contributed by atoms with Crippen LogP contribution in [0.3, 0.4) is 0 Å². The zero-order valence-corrected chi connectivity index (χ0v) is 11.6. The smallest absolute Gasteiger partial charge is 0.0625 e. The number of nitrogens with zero attached hydrogens (tertiary/aromatic N) is 2. The molecule has 0 radical (unpaired) electrons. The minimum atomic E-state index is 0.148. The Morgan fingerprint density at radius 2 is 1.94 bits per heavy atom. The van der Waals surface area contributed by atoms with Crippen LogP contribution >= 0.6 is 0 Å². The van der Waals surface area contributed by atoms with Gasteiger partial charge < -0.3 is 5.73 Å². The summed E-state index contributed by atoms with van der Waals surface area (Å²) in [6, 6.07) is 2.30. The second-order valence-electron chi connectivity index (χ2n) is 4.85. The molecular weight excluding hydrogens is 210 g/mol. The fraction of sp³-hybridized carbons (Fsp3) is 0.786. The molecule has 1 aromatic rings. The topological polar surface area (TPSA) is 43.8 Å². The van der Waals surface area contributed by atoms with Crippen LogP contribution in [0.5, 0.6) is 0 Å². The summed E-state index contributed by atoms with van der Waals surface area (Å²) in [5.74, 6) is 0. The molecule has 1 rings (SSSR count). The zero-order valence-electron chi connectivity index (χ0n) is 11.6. The first-order chi connectivity index (χ1) is 8.19. The van der Waals surface area contributed by atoms with Gasteiger partial charge >= 0.3 is 0 Å². The van der Waals surface area contributed by atoms with E-state index in [-0.39, 0.29) is 6.04 Å². The third-order valence-corrected chi connectivity index (χ3v) is 3.33. The Hall–Kier alpha value is -0.830. The maximum Gasteiger partial charge on any atom is 0.0625 e. The third kappa shape index (κ3) is 4.50. The van der Waals surface area contributed by atoms with Crippen molar-refractivity contribution in [1.82, 2.24) is 9.78 Å². The van der Waals surface area contributed by atoms with Gasteiger partial charge in [0.05, 0.1) is 11.4 Å². The van der Waals surface area contributed by atoms with Crippen LogP contribution in [0.15, 0.2) is 6.07 Å². The summed E-state index contributed by atoms with van der Waals surface area (Å²) < 4.78 is 1.94. The van der Waals surface area contributed by atoms with Crippen LogP contribution in [-0.2, 0) is 13.5 Å². The van der Waals surface area contributed by atoms with E-state index in [0.717, 1.165) is 18.5 Å². The van der Waals surface area contributed by atoms with Crippen LogP contribution < -0.4 is 5.73 Å². The average molecular weight is 237 g/mol. The van der Waals surface area contributed by atoms with Gasteiger partial charge in [-0.15, -0.1) is 0 Å². The van der Waals surface area contributed by atoms with Crippen LogP contribution in [0.4, 0.5) is 0 Å². The highest BCUT2D eigenvalue weighted by atomic mass is 15.3. The molecule has 0 aliphatic rings. The Morgan fingerprint density at radius 1 is 1.24 bits per heavy atom. The van der Waals surface area contributed by atoms with E-state index in [9.17, 15) is 0 Å². The van der Waals surface area contributed by atoms with E-state index in [0.29, 0.717) is 0 Å². The maximum atomic E-state index is 6.22. The molecular formula is C14H27N3. The third-order valence-electron chi connectivity index (χ3n) is 3.33. The van der Waals surface area contributed by atoms with Crippen molar-refractivity contribution >= 4 is 0 Å². The zero-order chi connectivity index (χ0) is 12.7. The van der Waals surface area contributed by atoms with Crippen molar-refractivity contribution in [3.05, 3.63) is 17.5 Å². The molecule has 0 saturated heterocycles. The molecule has 0 spiro atoms. The predicted octanol–water partition coefficient (Wildman–Crippen LogP) is 3.34. The van der Waals surface area contributed by atoms with Gasteiger partial charge in [0.15, 0.2) is 0 Å². The van der Waals surface area contributed by atoms with E-state index >= 15 is 0 Å². The number of rotatable bonds is 8. The van der Waals surface area contributed by atoms with Crippen molar-refractivity contribution in [2.75, 3.05) is 0 Å². The standard InChI is InChI=1S/C14H27N3/c1-4-6-7-8-9-10-13(15)14-11-12(5-2)16-17(14)3/h11,13H,4-10,15H2,1-3H3. The summed E-state index contributed by atoms with van der Waals surface area (Å²) in [7, 11) is 1.99. The summed E-state index contributed by atoms with van der Waals surface area (Å²) >= 11 is 0. The SMILES string of the molecule is CCCCCCCC(N)c1cc(CC)nn1C. The van der Waals surface area contributed by atoms with Crippen LogP contribution in [0, 0.1) is 0 Å². The normalized spacial score (nSPS) is 12.9. The first kappa shape index (κ1) is 14.2. The molecule has 0 aliphatic carbocycles. The van der Waals surface area contributed by atoms with Crippen molar-refractivity contribution in [2.45, 2.75) is 64.8 Å². The van der Waals surface area contributed by atoms with Crippen LogP contribution in [0.25, 0.3) is 0 Å². The average Bonchev–Trinajstić information content (AvgIpc) is 2.70. The maximum absolute atomic E-state index is 6.22. The van der Waals surface area contributed by atoms with E-state index in [1.54, 1.807) is 0 Å². The van der Waals surface area contributed by atoms with Gasteiger partial charge in [0.2, 0.25) is 0 Å². The number of nitrogens with two attached hydrogens (primary N) is 1. The molecule has 1 aromatic heterocycles. The first-order valence-corrected chi connectivity index (χ1v) is 6.97.